The van der Waals surface area contributed by atoms with Crippen LogP contribution in [0.5, 0.6) is 0 Å². The van der Waals surface area contributed by atoms with Crippen molar-refractivity contribution in [1.82, 2.24) is 19.8 Å². The highest BCUT2D eigenvalue weighted by molar-refractivity contribution is 5.79. The predicted molar refractivity (Wildman–Crippen MR) is 115 cm³/mol. The Bertz CT molecular complexity index is 853. The number of likely N-dealkylation sites (tertiary alicyclic amines) is 2. The molecule has 2 saturated heterocycles. The highest BCUT2D eigenvalue weighted by atomic mass is 16.3. The summed E-state index contributed by atoms with van der Waals surface area (Å²) in [6.45, 7) is 4.27. The number of rotatable bonds is 5. The molecule has 3 fully saturated rings. The van der Waals surface area contributed by atoms with Crippen LogP contribution in [0.4, 0.5) is 5.82 Å². The Hall–Kier alpha value is -2.45. The van der Waals surface area contributed by atoms with Gasteiger partial charge >= 0.3 is 0 Å². The van der Waals surface area contributed by atoms with Crippen LogP contribution in [-0.4, -0.2) is 69.1 Å². The van der Waals surface area contributed by atoms with Gasteiger partial charge in [-0.1, -0.05) is 0 Å². The molecule has 0 bridgehead atoms. The average molecular weight is 426 g/mol. The number of hydrogen-bond donors (Lipinski definition) is 2. The zero-order chi connectivity index (χ0) is 21.2. The van der Waals surface area contributed by atoms with E-state index in [2.05, 4.69) is 25.1 Å². The number of aliphatic hydroxyl groups is 1. The van der Waals surface area contributed by atoms with Crippen LogP contribution in [0.15, 0.2) is 41.4 Å². The van der Waals surface area contributed by atoms with Crippen molar-refractivity contribution in [3.8, 4) is 0 Å². The summed E-state index contributed by atoms with van der Waals surface area (Å²) in [4.78, 5) is 26.0. The normalized spacial score (nSPS) is 29.6. The molecule has 31 heavy (non-hydrogen) atoms. The number of aliphatic hydroxyl groups excluding tert-OH is 1. The average Bonchev–Trinajstić information content (AvgIpc) is 3.44. The fourth-order valence-corrected chi connectivity index (χ4v) is 5.55. The molecule has 1 amide bonds. The SMILES string of the molecule is O=C(C1CCN(Cc2ccco2)CC1)N1C[C@H]2C[C@@H](Nc3cnccn3)[C@H](O)C[C@H]2C1. The molecule has 2 aromatic heterocycles. The second kappa shape index (κ2) is 8.96. The molecule has 1 saturated carbocycles. The molecule has 1 aliphatic carbocycles. The molecule has 0 spiro atoms. The van der Waals surface area contributed by atoms with Crippen LogP contribution < -0.4 is 5.32 Å². The second-order valence-corrected chi connectivity index (χ2v) is 9.27. The molecule has 5 rings (SSSR count). The van der Waals surface area contributed by atoms with Crippen LogP contribution in [-0.2, 0) is 11.3 Å². The Morgan fingerprint density at radius 2 is 2.00 bits per heavy atom. The summed E-state index contributed by atoms with van der Waals surface area (Å²) >= 11 is 0. The van der Waals surface area contributed by atoms with E-state index in [1.807, 2.05) is 12.1 Å². The van der Waals surface area contributed by atoms with Gasteiger partial charge in [-0.3, -0.25) is 14.7 Å². The van der Waals surface area contributed by atoms with Gasteiger partial charge in [0, 0.05) is 31.4 Å². The monoisotopic (exact) mass is 425 g/mol. The van der Waals surface area contributed by atoms with E-state index in [1.54, 1.807) is 24.9 Å². The fraction of sp³-hybridized carbons (Fsp3) is 0.609. The van der Waals surface area contributed by atoms with Crippen molar-refractivity contribution in [2.24, 2.45) is 17.8 Å². The number of nitrogens with one attached hydrogen (secondary N) is 1. The zero-order valence-electron chi connectivity index (χ0n) is 17.8. The van der Waals surface area contributed by atoms with Crippen LogP contribution in [0, 0.1) is 17.8 Å². The number of amides is 1. The molecular formula is C23H31N5O3. The molecular weight excluding hydrogens is 394 g/mol. The van der Waals surface area contributed by atoms with E-state index in [-0.39, 0.29) is 12.0 Å². The van der Waals surface area contributed by atoms with Crippen LogP contribution in [0.3, 0.4) is 0 Å². The molecule has 8 nitrogen and oxygen atoms in total. The van der Waals surface area contributed by atoms with Gasteiger partial charge in [0.1, 0.15) is 11.6 Å². The van der Waals surface area contributed by atoms with Crippen molar-refractivity contribution in [3.05, 3.63) is 42.7 Å². The maximum Gasteiger partial charge on any atom is 0.225 e. The molecule has 0 aromatic carbocycles. The largest absolute Gasteiger partial charge is 0.468 e. The third-order valence-electron chi connectivity index (χ3n) is 7.25. The Labute approximate surface area is 182 Å². The third-order valence-corrected chi connectivity index (χ3v) is 7.25. The summed E-state index contributed by atoms with van der Waals surface area (Å²) in [5.41, 5.74) is 0. The maximum atomic E-state index is 13.2. The van der Waals surface area contributed by atoms with Gasteiger partial charge in [0.2, 0.25) is 5.91 Å². The number of piperidine rings is 1. The molecule has 2 N–H and O–H groups in total. The smallest absolute Gasteiger partial charge is 0.225 e. The van der Waals surface area contributed by atoms with Gasteiger partial charge in [-0.2, -0.15) is 0 Å². The van der Waals surface area contributed by atoms with Gasteiger partial charge in [-0.25, -0.2) is 4.98 Å². The van der Waals surface area contributed by atoms with E-state index in [1.165, 1.54) is 0 Å². The summed E-state index contributed by atoms with van der Waals surface area (Å²) < 4.78 is 5.45. The van der Waals surface area contributed by atoms with Crippen LogP contribution >= 0.6 is 0 Å². The molecule has 166 valence electrons. The number of carbonyl (C=O) groups is 1. The third kappa shape index (κ3) is 4.60. The molecule has 8 heteroatoms. The predicted octanol–water partition coefficient (Wildman–Crippen LogP) is 1.99. The van der Waals surface area contributed by atoms with Crippen LogP contribution in [0.25, 0.3) is 0 Å². The van der Waals surface area contributed by atoms with Crippen molar-refractivity contribution in [2.45, 2.75) is 44.4 Å². The quantitative estimate of drug-likeness (QED) is 0.756. The molecule has 0 unspecified atom stereocenters. The standard InChI is InChI=1S/C23H31N5O3/c29-21-11-18-14-28(13-17(18)10-20(21)26-22-12-24-5-6-25-22)23(30)16-3-7-27(8-4-16)15-19-2-1-9-31-19/h1-2,5-6,9,12,16-18,20-21,29H,3-4,7-8,10-11,13-15H2,(H,25,26)/t17-,18+,20-,21-/m1/s1. The van der Waals surface area contributed by atoms with Crippen molar-refractivity contribution in [2.75, 3.05) is 31.5 Å². The lowest BCUT2D eigenvalue weighted by Crippen LogP contribution is -2.43. The number of carbonyl (C=O) groups excluding carboxylic acids is 1. The molecule has 4 heterocycles. The first-order valence-electron chi connectivity index (χ1n) is 11.4. The topological polar surface area (TPSA) is 94.7 Å². The van der Waals surface area contributed by atoms with Crippen LogP contribution in [0.2, 0.25) is 0 Å². The first-order chi connectivity index (χ1) is 15.2. The number of hydrogen-bond acceptors (Lipinski definition) is 7. The first-order valence-corrected chi connectivity index (χ1v) is 11.4. The summed E-state index contributed by atoms with van der Waals surface area (Å²) in [6.07, 6.45) is 9.65. The summed E-state index contributed by atoms with van der Waals surface area (Å²) in [6, 6.07) is 3.88. The molecule has 4 atom stereocenters. The number of anilines is 1. The van der Waals surface area contributed by atoms with Crippen molar-refractivity contribution >= 4 is 11.7 Å². The van der Waals surface area contributed by atoms with Crippen molar-refractivity contribution in [1.29, 1.82) is 0 Å². The summed E-state index contributed by atoms with van der Waals surface area (Å²) in [7, 11) is 0. The van der Waals surface area contributed by atoms with E-state index in [0.29, 0.717) is 23.6 Å². The number of furan rings is 1. The van der Waals surface area contributed by atoms with Crippen molar-refractivity contribution in [3.63, 3.8) is 0 Å². The molecule has 2 aliphatic heterocycles. The summed E-state index contributed by atoms with van der Waals surface area (Å²) in [5, 5.41) is 14.0. The Morgan fingerprint density at radius 3 is 2.71 bits per heavy atom. The number of fused-ring (bicyclic) bond motifs is 1. The Kier molecular flexibility index (Phi) is 5.91. The van der Waals surface area contributed by atoms with Gasteiger partial charge in [-0.05, 0) is 62.7 Å². The van der Waals surface area contributed by atoms with Gasteiger partial charge in [0.05, 0.1) is 31.2 Å². The molecule has 0 radical (unpaired) electrons. The number of nitrogens with zero attached hydrogens (tertiary/aromatic N) is 4. The minimum Gasteiger partial charge on any atom is -0.468 e. The lowest BCUT2D eigenvalue weighted by atomic mass is 9.77. The Balaban J connectivity index is 1.13. The molecule has 3 aliphatic rings. The molecule has 2 aromatic rings. The Morgan fingerprint density at radius 1 is 1.19 bits per heavy atom. The highest BCUT2D eigenvalue weighted by Gasteiger charge is 2.44. The fourth-order valence-electron chi connectivity index (χ4n) is 5.55. The summed E-state index contributed by atoms with van der Waals surface area (Å²) in [5.74, 6) is 2.92. The number of aromatic nitrogens is 2. The minimum atomic E-state index is -0.428. The minimum absolute atomic E-state index is 0.0437. The van der Waals surface area contributed by atoms with Gasteiger partial charge in [0.25, 0.3) is 0 Å². The maximum absolute atomic E-state index is 13.2. The van der Waals surface area contributed by atoms with E-state index in [0.717, 1.165) is 64.2 Å². The zero-order valence-corrected chi connectivity index (χ0v) is 17.8. The second-order valence-electron chi connectivity index (χ2n) is 9.27. The lowest BCUT2D eigenvalue weighted by molar-refractivity contribution is -0.136. The van der Waals surface area contributed by atoms with Crippen molar-refractivity contribution < 1.29 is 14.3 Å². The van der Waals surface area contributed by atoms with E-state index < -0.39 is 6.10 Å². The first kappa shape index (κ1) is 20.5. The van der Waals surface area contributed by atoms with E-state index in [9.17, 15) is 9.90 Å². The van der Waals surface area contributed by atoms with Gasteiger partial charge in [-0.15, -0.1) is 0 Å². The highest BCUT2D eigenvalue weighted by Crippen LogP contribution is 2.38. The van der Waals surface area contributed by atoms with E-state index >= 15 is 0 Å². The van der Waals surface area contributed by atoms with Gasteiger partial charge in [0.15, 0.2) is 0 Å². The lowest BCUT2D eigenvalue weighted by Gasteiger charge is -2.35. The van der Waals surface area contributed by atoms with E-state index in [4.69, 9.17) is 4.42 Å². The van der Waals surface area contributed by atoms with Gasteiger partial charge < -0.3 is 19.7 Å². The van der Waals surface area contributed by atoms with Crippen LogP contribution in [0.1, 0.15) is 31.4 Å².